The minimum atomic E-state index is -0.700. The lowest BCUT2D eigenvalue weighted by molar-refractivity contribution is -0.120. The Bertz CT molecular complexity index is 917. The summed E-state index contributed by atoms with van der Waals surface area (Å²) in [6.45, 7) is 6.41. The zero-order valence-electron chi connectivity index (χ0n) is 18.0. The predicted molar refractivity (Wildman–Crippen MR) is 125 cm³/mol. The lowest BCUT2D eigenvalue weighted by Crippen LogP contribution is -2.49. The van der Waals surface area contributed by atoms with E-state index in [-0.39, 0.29) is 12.1 Å². The average molecular weight is 463 g/mol. The van der Waals surface area contributed by atoms with Gasteiger partial charge in [-0.3, -0.25) is 0 Å². The van der Waals surface area contributed by atoms with Crippen LogP contribution in [0, 0.1) is 5.41 Å². The molecule has 2 aromatic rings. The number of hydrogen-bond donors (Lipinski definition) is 1. The number of nitrogens with zero attached hydrogens (tertiary/aromatic N) is 1. The second kappa shape index (κ2) is 9.49. The zero-order chi connectivity index (χ0) is 22.6. The Hall–Kier alpha value is -2.24. The van der Waals surface area contributed by atoms with Crippen LogP contribution >= 0.6 is 23.2 Å². The van der Waals surface area contributed by atoms with Crippen LogP contribution in [0.4, 0.5) is 10.5 Å². The number of carbonyl (C=O) groups excluding carboxylic acids is 2. The summed E-state index contributed by atoms with van der Waals surface area (Å²) in [4.78, 5) is 26.7. The summed E-state index contributed by atoms with van der Waals surface area (Å²) in [5.74, 6) is 0. The summed E-state index contributed by atoms with van der Waals surface area (Å²) in [5.41, 5.74) is 0.510. The normalized spacial score (nSPS) is 17.0. The molecule has 1 amide bonds. The van der Waals surface area contributed by atoms with Crippen molar-refractivity contribution >= 4 is 41.3 Å². The van der Waals surface area contributed by atoms with E-state index in [9.17, 15) is 9.59 Å². The third kappa shape index (κ3) is 5.92. The molecule has 166 valence electrons. The summed E-state index contributed by atoms with van der Waals surface area (Å²) in [6, 6.07) is 14.6. The molecule has 1 aliphatic heterocycles. The van der Waals surface area contributed by atoms with Gasteiger partial charge >= 0.3 is 6.09 Å². The van der Waals surface area contributed by atoms with Crippen LogP contribution < -0.4 is 5.32 Å². The molecule has 1 atom stereocenters. The standard InChI is InChI=1S/C24H28Cl2N2O3/c1-23(2,3)31-22(30)28-13-11-24(16-29,12-14-28)21(17-7-9-18(25)10-8-17)27-20-6-4-5-19(26)15-20/h4-10,15-16,21,27H,11-14H2,1-3H3. The van der Waals surface area contributed by atoms with Gasteiger partial charge in [0.2, 0.25) is 0 Å². The van der Waals surface area contributed by atoms with Gasteiger partial charge in [-0.15, -0.1) is 0 Å². The van der Waals surface area contributed by atoms with Crippen LogP contribution in [0.15, 0.2) is 48.5 Å². The number of amides is 1. The van der Waals surface area contributed by atoms with E-state index in [2.05, 4.69) is 5.32 Å². The molecule has 0 spiro atoms. The summed E-state index contributed by atoms with van der Waals surface area (Å²) in [6.07, 6.45) is 1.70. The minimum Gasteiger partial charge on any atom is -0.444 e. The third-order valence-electron chi connectivity index (χ3n) is 5.49. The van der Waals surface area contributed by atoms with Crippen LogP contribution in [-0.2, 0) is 9.53 Å². The molecule has 0 radical (unpaired) electrons. The molecule has 0 aliphatic carbocycles. The van der Waals surface area contributed by atoms with Crippen molar-refractivity contribution in [1.82, 2.24) is 4.90 Å². The van der Waals surface area contributed by atoms with Gasteiger partial charge in [0.1, 0.15) is 11.9 Å². The second-order valence-electron chi connectivity index (χ2n) is 8.96. The van der Waals surface area contributed by atoms with Crippen LogP contribution in [0.25, 0.3) is 0 Å². The summed E-state index contributed by atoms with van der Waals surface area (Å²) in [5, 5.41) is 4.75. The topological polar surface area (TPSA) is 58.6 Å². The number of hydrogen-bond acceptors (Lipinski definition) is 4. The fourth-order valence-electron chi connectivity index (χ4n) is 3.87. The van der Waals surface area contributed by atoms with Gasteiger partial charge in [0.25, 0.3) is 0 Å². The van der Waals surface area contributed by atoms with Crippen LogP contribution in [-0.4, -0.2) is 36.0 Å². The molecule has 1 heterocycles. The highest BCUT2D eigenvalue weighted by Crippen LogP contribution is 2.44. The maximum Gasteiger partial charge on any atom is 0.410 e. The van der Waals surface area contributed by atoms with Crippen molar-refractivity contribution in [3.8, 4) is 0 Å². The van der Waals surface area contributed by atoms with E-state index in [1.807, 2.05) is 63.2 Å². The van der Waals surface area contributed by atoms with E-state index in [4.69, 9.17) is 27.9 Å². The molecule has 0 aromatic heterocycles. The lowest BCUT2D eigenvalue weighted by atomic mass is 9.71. The highest BCUT2D eigenvalue weighted by atomic mass is 35.5. The van der Waals surface area contributed by atoms with Crippen molar-refractivity contribution in [2.75, 3.05) is 18.4 Å². The van der Waals surface area contributed by atoms with E-state index in [0.717, 1.165) is 17.5 Å². The Morgan fingerprint density at radius 3 is 2.29 bits per heavy atom. The number of likely N-dealkylation sites (tertiary alicyclic amines) is 1. The Morgan fingerprint density at radius 2 is 1.74 bits per heavy atom. The Balaban J connectivity index is 1.87. The second-order valence-corrected chi connectivity index (χ2v) is 9.83. The predicted octanol–water partition coefficient (Wildman–Crippen LogP) is 6.36. The first-order valence-corrected chi connectivity index (χ1v) is 11.1. The number of nitrogens with one attached hydrogen (secondary N) is 1. The van der Waals surface area contributed by atoms with Gasteiger partial charge < -0.3 is 19.7 Å². The summed E-state index contributed by atoms with van der Waals surface area (Å²) in [7, 11) is 0. The largest absolute Gasteiger partial charge is 0.444 e. The van der Waals surface area contributed by atoms with Crippen molar-refractivity contribution in [2.45, 2.75) is 45.3 Å². The Kier molecular flexibility index (Phi) is 7.17. The van der Waals surface area contributed by atoms with Crippen LogP contribution in [0.3, 0.4) is 0 Å². The molecular formula is C24H28Cl2N2O3. The Labute approximate surface area is 193 Å². The van der Waals surface area contributed by atoms with Crippen molar-refractivity contribution in [1.29, 1.82) is 0 Å². The molecule has 1 fully saturated rings. The minimum absolute atomic E-state index is 0.304. The molecule has 0 saturated carbocycles. The van der Waals surface area contributed by atoms with Crippen LogP contribution in [0.1, 0.15) is 45.2 Å². The molecule has 5 nitrogen and oxygen atoms in total. The fourth-order valence-corrected chi connectivity index (χ4v) is 4.18. The summed E-state index contributed by atoms with van der Waals surface area (Å²) < 4.78 is 5.50. The van der Waals surface area contributed by atoms with Crippen LogP contribution in [0.5, 0.6) is 0 Å². The number of rotatable bonds is 5. The van der Waals surface area contributed by atoms with Gasteiger partial charge in [0.15, 0.2) is 0 Å². The van der Waals surface area contributed by atoms with Crippen molar-refractivity contribution < 1.29 is 14.3 Å². The lowest BCUT2D eigenvalue weighted by Gasteiger charge is -2.44. The molecule has 3 rings (SSSR count). The molecule has 1 saturated heterocycles. The number of piperidine rings is 1. The smallest absolute Gasteiger partial charge is 0.410 e. The molecular weight excluding hydrogens is 435 g/mol. The fraction of sp³-hybridized carbons (Fsp3) is 0.417. The van der Waals surface area contributed by atoms with E-state index < -0.39 is 11.0 Å². The van der Waals surface area contributed by atoms with Crippen LogP contribution in [0.2, 0.25) is 10.0 Å². The Morgan fingerprint density at radius 1 is 1.10 bits per heavy atom. The molecule has 2 aromatic carbocycles. The van der Waals surface area contributed by atoms with E-state index >= 15 is 0 Å². The van der Waals surface area contributed by atoms with Gasteiger partial charge in [-0.1, -0.05) is 41.4 Å². The number of benzene rings is 2. The first-order valence-electron chi connectivity index (χ1n) is 10.3. The maximum atomic E-state index is 12.5. The first-order chi connectivity index (χ1) is 14.6. The van der Waals surface area contributed by atoms with Gasteiger partial charge in [-0.2, -0.15) is 0 Å². The van der Waals surface area contributed by atoms with Gasteiger partial charge in [-0.05, 0) is 69.5 Å². The van der Waals surface area contributed by atoms with E-state index in [0.29, 0.717) is 36.0 Å². The number of aldehydes is 1. The van der Waals surface area contributed by atoms with Gasteiger partial charge in [-0.25, -0.2) is 4.79 Å². The SMILES string of the molecule is CC(C)(C)OC(=O)N1CCC(C=O)(C(Nc2cccc(Cl)c2)c2ccc(Cl)cc2)CC1. The summed E-state index contributed by atoms with van der Waals surface area (Å²) >= 11 is 12.3. The van der Waals surface area contributed by atoms with Gasteiger partial charge in [0, 0.05) is 28.8 Å². The van der Waals surface area contributed by atoms with Crippen molar-refractivity contribution in [3.63, 3.8) is 0 Å². The van der Waals surface area contributed by atoms with Crippen molar-refractivity contribution in [2.24, 2.45) is 5.41 Å². The highest BCUT2D eigenvalue weighted by molar-refractivity contribution is 6.31. The first kappa shape index (κ1) is 23.4. The molecule has 1 unspecified atom stereocenters. The average Bonchev–Trinajstić information content (AvgIpc) is 2.72. The molecule has 7 heteroatoms. The van der Waals surface area contributed by atoms with E-state index in [1.54, 1.807) is 11.0 Å². The number of anilines is 1. The highest BCUT2D eigenvalue weighted by Gasteiger charge is 2.44. The van der Waals surface area contributed by atoms with Crippen molar-refractivity contribution in [3.05, 3.63) is 64.1 Å². The molecule has 0 bridgehead atoms. The third-order valence-corrected chi connectivity index (χ3v) is 5.98. The van der Waals surface area contributed by atoms with E-state index in [1.165, 1.54) is 0 Å². The number of ether oxygens (including phenoxy) is 1. The monoisotopic (exact) mass is 462 g/mol. The van der Waals surface area contributed by atoms with Gasteiger partial charge in [0.05, 0.1) is 11.5 Å². The number of carbonyl (C=O) groups is 2. The molecule has 31 heavy (non-hydrogen) atoms. The number of halogens is 2. The maximum absolute atomic E-state index is 12.5. The quantitative estimate of drug-likeness (QED) is 0.524. The molecule has 1 aliphatic rings. The zero-order valence-corrected chi connectivity index (χ0v) is 19.5. The molecule has 1 N–H and O–H groups in total.